The van der Waals surface area contributed by atoms with Gasteiger partial charge in [-0.05, 0) is 13.8 Å². The minimum atomic E-state index is -0.900. The second kappa shape index (κ2) is 5.95. The summed E-state index contributed by atoms with van der Waals surface area (Å²) in [4.78, 5) is 13.2. The van der Waals surface area contributed by atoms with E-state index in [4.69, 9.17) is 15.6 Å². The summed E-state index contributed by atoms with van der Waals surface area (Å²) in [5.74, 6) is -0.177. The number of hydrogen-bond donors (Lipinski definition) is 2. The average molecular weight is 204 g/mol. The van der Waals surface area contributed by atoms with E-state index in [1.807, 2.05) is 0 Å². The van der Waals surface area contributed by atoms with Crippen molar-refractivity contribution in [3.8, 4) is 0 Å². The molecule has 0 spiro atoms. The van der Waals surface area contributed by atoms with Crippen LogP contribution in [-0.4, -0.2) is 54.9 Å². The van der Waals surface area contributed by atoms with Gasteiger partial charge in [-0.3, -0.25) is 4.79 Å². The average Bonchev–Trinajstić information content (AvgIpc) is 2.09. The summed E-state index contributed by atoms with van der Waals surface area (Å²) in [6.45, 7) is 4.42. The molecule has 14 heavy (non-hydrogen) atoms. The number of rotatable bonds is 6. The van der Waals surface area contributed by atoms with E-state index >= 15 is 0 Å². The summed E-state index contributed by atoms with van der Waals surface area (Å²) in [5.41, 5.74) is 4.77. The molecule has 0 atom stereocenters. The smallest absolute Gasteiger partial charge is 0.242 e. The number of methoxy groups -OCH3 is 1. The molecule has 0 heterocycles. The predicted molar refractivity (Wildman–Crippen MR) is 53.8 cm³/mol. The summed E-state index contributed by atoms with van der Waals surface area (Å²) in [6, 6.07) is 0. The van der Waals surface area contributed by atoms with Crippen molar-refractivity contribution in [2.24, 2.45) is 5.73 Å². The molecule has 0 aliphatic carbocycles. The molecule has 5 nitrogen and oxygen atoms in total. The number of nitrogens with zero attached hydrogens (tertiary/aromatic N) is 1. The van der Waals surface area contributed by atoms with Crippen molar-refractivity contribution in [1.29, 1.82) is 0 Å². The first-order valence-electron chi connectivity index (χ1n) is 4.61. The van der Waals surface area contributed by atoms with Crippen molar-refractivity contribution in [2.75, 3.05) is 33.4 Å². The van der Waals surface area contributed by atoms with Crippen LogP contribution in [0.25, 0.3) is 0 Å². The Kier molecular flexibility index (Phi) is 5.68. The fourth-order valence-electron chi connectivity index (χ4n) is 1.04. The Morgan fingerprint density at radius 3 is 2.43 bits per heavy atom. The van der Waals surface area contributed by atoms with Gasteiger partial charge in [0.15, 0.2) is 0 Å². The first-order valence-corrected chi connectivity index (χ1v) is 4.61. The monoisotopic (exact) mass is 204 g/mol. The van der Waals surface area contributed by atoms with Gasteiger partial charge in [0.05, 0.1) is 18.8 Å². The van der Waals surface area contributed by atoms with Gasteiger partial charge in [-0.1, -0.05) is 0 Å². The molecule has 0 unspecified atom stereocenters. The lowest BCUT2D eigenvalue weighted by Gasteiger charge is -2.28. The maximum absolute atomic E-state index is 11.7. The van der Waals surface area contributed by atoms with E-state index in [2.05, 4.69) is 0 Å². The summed E-state index contributed by atoms with van der Waals surface area (Å²) in [7, 11) is 1.56. The van der Waals surface area contributed by atoms with Crippen LogP contribution in [0.2, 0.25) is 0 Å². The van der Waals surface area contributed by atoms with E-state index < -0.39 is 5.54 Å². The van der Waals surface area contributed by atoms with E-state index in [9.17, 15) is 4.79 Å². The Bertz CT molecular complexity index is 177. The van der Waals surface area contributed by atoms with Gasteiger partial charge in [0.25, 0.3) is 0 Å². The minimum absolute atomic E-state index is 0.0640. The summed E-state index contributed by atoms with van der Waals surface area (Å²) in [6.07, 6.45) is 0. The van der Waals surface area contributed by atoms with Crippen LogP contribution < -0.4 is 5.73 Å². The number of carbonyl (C=O) groups is 1. The summed E-state index contributed by atoms with van der Waals surface area (Å²) < 4.78 is 4.87. The summed E-state index contributed by atoms with van der Waals surface area (Å²) in [5, 5.41) is 8.78. The van der Waals surface area contributed by atoms with E-state index in [1.54, 1.807) is 21.0 Å². The molecule has 0 rings (SSSR count). The van der Waals surface area contributed by atoms with E-state index in [-0.39, 0.29) is 12.5 Å². The number of amides is 1. The van der Waals surface area contributed by atoms with Gasteiger partial charge in [-0.2, -0.15) is 0 Å². The molecule has 0 saturated heterocycles. The third kappa shape index (κ3) is 4.55. The van der Waals surface area contributed by atoms with Crippen LogP contribution in [-0.2, 0) is 9.53 Å². The molecular weight excluding hydrogens is 184 g/mol. The Morgan fingerprint density at radius 1 is 1.50 bits per heavy atom. The van der Waals surface area contributed by atoms with Crippen molar-refractivity contribution in [3.63, 3.8) is 0 Å². The van der Waals surface area contributed by atoms with Crippen molar-refractivity contribution < 1.29 is 14.6 Å². The Hall–Kier alpha value is -0.650. The fourth-order valence-corrected chi connectivity index (χ4v) is 1.04. The lowest BCUT2D eigenvalue weighted by molar-refractivity contribution is -0.137. The Morgan fingerprint density at radius 2 is 2.07 bits per heavy atom. The molecule has 0 aliphatic rings. The standard InChI is InChI=1S/C9H20N2O3/c1-9(2,10)8(13)11(4-6-12)5-7-14-3/h12H,4-7,10H2,1-3H3. The number of aliphatic hydroxyl groups excluding tert-OH is 1. The molecule has 5 heteroatoms. The van der Waals surface area contributed by atoms with Crippen molar-refractivity contribution in [3.05, 3.63) is 0 Å². The summed E-state index contributed by atoms with van der Waals surface area (Å²) >= 11 is 0. The maximum Gasteiger partial charge on any atom is 0.242 e. The second-order valence-corrected chi connectivity index (χ2v) is 3.73. The zero-order valence-electron chi connectivity index (χ0n) is 9.12. The quantitative estimate of drug-likeness (QED) is 0.593. The van der Waals surface area contributed by atoms with Crippen LogP contribution in [0.15, 0.2) is 0 Å². The second-order valence-electron chi connectivity index (χ2n) is 3.73. The highest BCUT2D eigenvalue weighted by Crippen LogP contribution is 2.03. The van der Waals surface area contributed by atoms with Gasteiger partial charge in [0.2, 0.25) is 5.91 Å². The zero-order valence-corrected chi connectivity index (χ0v) is 9.12. The van der Waals surface area contributed by atoms with Crippen molar-refractivity contribution in [1.82, 2.24) is 4.90 Å². The molecule has 0 saturated carbocycles. The van der Waals surface area contributed by atoms with E-state index in [0.29, 0.717) is 19.7 Å². The molecule has 0 aromatic heterocycles. The van der Waals surface area contributed by atoms with Gasteiger partial charge in [0.1, 0.15) is 0 Å². The third-order valence-corrected chi connectivity index (χ3v) is 1.77. The van der Waals surface area contributed by atoms with Gasteiger partial charge in [-0.15, -0.1) is 0 Å². The normalized spacial score (nSPS) is 11.5. The highest BCUT2D eigenvalue weighted by molar-refractivity contribution is 5.85. The SMILES string of the molecule is COCCN(CCO)C(=O)C(C)(C)N. The van der Waals surface area contributed by atoms with E-state index in [1.165, 1.54) is 4.90 Å². The lowest BCUT2D eigenvalue weighted by Crippen LogP contribution is -2.52. The number of nitrogens with two attached hydrogens (primary N) is 1. The molecule has 84 valence electrons. The van der Waals surface area contributed by atoms with Gasteiger partial charge in [0, 0.05) is 20.2 Å². The maximum atomic E-state index is 11.7. The molecule has 0 aromatic carbocycles. The minimum Gasteiger partial charge on any atom is -0.395 e. The fraction of sp³-hybridized carbons (Fsp3) is 0.889. The van der Waals surface area contributed by atoms with Crippen molar-refractivity contribution in [2.45, 2.75) is 19.4 Å². The predicted octanol–water partition coefficient (Wildman–Crippen LogP) is -0.809. The van der Waals surface area contributed by atoms with Crippen molar-refractivity contribution >= 4 is 5.91 Å². The molecule has 0 aliphatic heterocycles. The van der Waals surface area contributed by atoms with Crippen LogP contribution in [0.4, 0.5) is 0 Å². The van der Waals surface area contributed by atoms with Crippen LogP contribution in [0.1, 0.15) is 13.8 Å². The topological polar surface area (TPSA) is 75.8 Å². The van der Waals surface area contributed by atoms with Crippen LogP contribution >= 0.6 is 0 Å². The number of hydrogen-bond acceptors (Lipinski definition) is 4. The lowest BCUT2D eigenvalue weighted by atomic mass is 10.1. The first-order chi connectivity index (χ1) is 6.43. The van der Waals surface area contributed by atoms with Crippen LogP contribution in [0.3, 0.4) is 0 Å². The Labute approximate surface area is 84.8 Å². The Balaban J connectivity index is 4.25. The highest BCUT2D eigenvalue weighted by Gasteiger charge is 2.27. The van der Waals surface area contributed by atoms with Crippen LogP contribution in [0, 0.1) is 0 Å². The largest absolute Gasteiger partial charge is 0.395 e. The van der Waals surface area contributed by atoms with Crippen LogP contribution in [0.5, 0.6) is 0 Å². The molecule has 0 fully saturated rings. The molecule has 3 N–H and O–H groups in total. The van der Waals surface area contributed by atoms with Gasteiger partial charge in [-0.25, -0.2) is 0 Å². The molecule has 1 amide bonds. The first kappa shape index (κ1) is 13.4. The number of carbonyl (C=O) groups excluding carboxylic acids is 1. The molecule has 0 bridgehead atoms. The number of aliphatic hydroxyl groups is 1. The van der Waals surface area contributed by atoms with E-state index in [0.717, 1.165) is 0 Å². The van der Waals surface area contributed by atoms with Gasteiger partial charge < -0.3 is 20.5 Å². The van der Waals surface area contributed by atoms with Gasteiger partial charge >= 0.3 is 0 Å². The third-order valence-electron chi connectivity index (χ3n) is 1.77. The highest BCUT2D eigenvalue weighted by atomic mass is 16.5. The molecular formula is C9H20N2O3. The molecule has 0 radical (unpaired) electrons. The number of ether oxygens (including phenoxy) is 1. The zero-order chi connectivity index (χ0) is 11.2. The molecule has 0 aromatic rings.